The molecule has 0 aliphatic rings. The quantitative estimate of drug-likeness (QED) is 0.315. The molecule has 7 heteroatoms. The summed E-state index contributed by atoms with van der Waals surface area (Å²) >= 11 is 0. The summed E-state index contributed by atoms with van der Waals surface area (Å²) in [5, 5.41) is 30.7. The molecule has 0 aliphatic carbocycles. The first kappa shape index (κ1) is 24.3. The molecule has 0 amide bonds. The molecular formula is C25H27N5O2. The molecule has 0 spiro atoms. The van der Waals surface area contributed by atoms with Crippen molar-refractivity contribution in [3.63, 3.8) is 0 Å². The van der Waals surface area contributed by atoms with Gasteiger partial charge in [-0.2, -0.15) is 10.5 Å². The number of rotatable bonds is 10. The van der Waals surface area contributed by atoms with Crippen LogP contribution in [-0.2, 0) is 4.79 Å². The van der Waals surface area contributed by atoms with Gasteiger partial charge >= 0.3 is 5.97 Å². The van der Waals surface area contributed by atoms with Crippen molar-refractivity contribution in [1.29, 1.82) is 10.5 Å². The minimum atomic E-state index is -0.984. The summed E-state index contributed by atoms with van der Waals surface area (Å²) in [7, 11) is 0. The Morgan fingerprint density at radius 2 is 1.97 bits per heavy atom. The molecule has 0 atom stereocenters. The summed E-state index contributed by atoms with van der Waals surface area (Å²) < 4.78 is 0. The van der Waals surface area contributed by atoms with Gasteiger partial charge in [0.25, 0.3) is 0 Å². The first-order valence-corrected chi connectivity index (χ1v) is 10.5. The van der Waals surface area contributed by atoms with Crippen molar-refractivity contribution >= 4 is 23.1 Å². The third kappa shape index (κ3) is 7.70. The number of hydrogen-bond acceptors (Lipinski definition) is 5. The minimum absolute atomic E-state index is 0.109. The Bertz CT molecular complexity index is 1030. The zero-order valence-electron chi connectivity index (χ0n) is 18.3. The highest BCUT2D eigenvalue weighted by Gasteiger charge is 2.16. The maximum Gasteiger partial charge on any atom is 0.303 e. The number of nitriles is 2. The molecule has 0 saturated carbocycles. The summed E-state index contributed by atoms with van der Waals surface area (Å²) in [6.07, 6.45) is 6.73. The Kier molecular flexibility index (Phi) is 9.62. The van der Waals surface area contributed by atoms with Crippen LogP contribution in [0.2, 0.25) is 0 Å². The Morgan fingerprint density at radius 1 is 1.22 bits per heavy atom. The van der Waals surface area contributed by atoms with Crippen molar-refractivity contribution in [2.75, 3.05) is 11.9 Å². The van der Waals surface area contributed by atoms with Gasteiger partial charge < -0.3 is 10.4 Å². The molecule has 2 rings (SSSR count). The van der Waals surface area contributed by atoms with E-state index in [0.717, 1.165) is 16.7 Å². The number of carboxylic acid groups (broad SMARTS) is 1. The molecule has 2 N–H and O–H groups in total. The van der Waals surface area contributed by atoms with Crippen LogP contribution in [0.5, 0.6) is 0 Å². The average molecular weight is 430 g/mol. The lowest BCUT2D eigenvalue weighted by Crippen LogP contribution is -2.22. The average Bonchev–Trinajstić information content (AvgIpc) is 2.78. The van der Waals surface area contributed by atoms with Gasteiger partial charge in [0.1, 0.15) is 5.84 Å². The highest BCUT2D eigenvalue weighted by Crippen LogP contribution is 2.26. The molecule has 2 aromatic rings. The number of aliphatic carboxylic acids is 1. The zero-order chi connectivity index (χ0) is 23.3. The Balaban J connectivity index is 2.36. The maximum atomic E-state index is 10.8. The predicted molar refractivity (Wildman–Crippen MR) is 125 cm³/mol. The van der Waals surface area contributed by atoms with E-state index in [2.05, 4.69) is 15.3 Å². The van der Waals surface area contributed by atoms with Gasteiger partial charge in [0.15, 0.2) is 5.92 Å². The fourth-order valence-corrected chi connectivity index (χ4v) is 2.97. The van der Waals surface area contributed by atoms with Crippen LogP contribution in [0.25, 0.3) is 5.57 Å². The van der Waals surface area contributed by atoms with Gasteiger partial charge in [-0.3, -0.25) is 14.8 Å². The number of benzene rings is 1. The van der Waals surface area contributed by atoms with E-state index >= 15 is 0 Å². The first-order chi connectivity index (χ1) is 15.4. The second kappa shape index (κ2) is 12.7. The molecule has 0 radical (unpaired) electrons. The topological polar surface area (TPSA) is 122 Å². The van der Waals surface area contributed by atoms with Gasteiger partial charge in [-0.15, -0.1) is 0 Å². The molecule has 0 aliphatic heterocycles. The fourth-order valence-electron chi connectivity index (χ4n) is 2.97. The van der Waals surface area contributed by atoms with E-state index in [4.69, 9.17) is 5.11 Å². The zero-order valence-corrected chi connectivity index (χ0v) is 18.3. The van der Waals surface area contributed by atoms with Gasteiger partial charge in [0, 0.05) is 36.6 Å². The molecule has 7 nitrogen and oxygen atoms in total. The van der Waals surface area contributed by atoms with Crippen molar-refractivity contribution < 1.29 is 9.90 Å². The number of aromatic nitrogens is 1. The van der Waals surface area contributed by atoms with E-state index in [0.29, 0.717) is 36.8 Å². The number of allylic oxidation sites excluding steroid dienone is 1. The lowest BCUT2D eigenvalue weighted by Gasteiger charge is -2.14. The maximum absolute atomic E-state index is 10.8. The number of anilines is 1. The van der Waals surface area contributed by atoms with Crippen LogP contribution in [0.3, 0.4) is 0 Å². The lowest BCUT2D eigenvalue weighted by atomic mass is 9.97. The SMILES string of the molecule is CC(C)CN=C(Nc1cccc(C(=CCCCC(=O)O)c2cccnc2)c1)C(C#N)C#N. The number of nitrogens with zero attached hydrogens (tertiary/aromatic N) is 4. The summed E-state index contributed by atoms with van der Waals surface area (Å²) in [6.45, 7) is 4.54. The van der Waals surface area contributed by atoms with Crippen molar-refractivity contribution in [3.05, 3.63) is 66.0 Å². The standard InChI is InChI=1S/C25H27N5O2/c1-18(2)16-29-25(21(14-26)15-27)30-22-9-5-7-19(13-22)23(10-3-4-11-24(31)32)20-8-6-12-28-17-20/h5-10,12-13,17-18,21H,3-4,11,16H2,1-2H3,(H,29,30)(H,31,32). The number of carbonyl (C=O) groups is 1. The molecule has 0 bridgehead atoms. The van der Waals surface area contributed by atoms with Gasteiger partial charge in [0.05, 0.1) is 12.1 Å². The first-order valence-electron chi connectivity index (χ1n) is 10.5. The van der Waals surface area contributed by atoms with Crippen molar-refractivity contribution in [2.24, 2.45) is 16.8 Å². The highest BCUT2D eigenvalue weighted by molar-refractivity contribution is 6.00. The third-order valence-corrected chi connectivity index (χ3v) is 4.52. The van der Waals surface area contributed by atoms with E-state index in [1.54, 1.807) is 12.4 Å². The molecule has 32 heavy (non-hydrogen) atoms. The van der Waals surface area contributed by atoms with Crippen LogP contribution in [-0.4, -0.2) is 28.4 Å². The molecule has 0 fully saturated rings. The van der Waals surface area contributed by atoms with E-state index in [1.807, 2.05) is 68.5 Å². The largest absolute Gasteiger partial charge is 0.481 e. The normalized spacial score (nSPS) is 11.8. The number of aliphatic imine (C=N–C) groups is 1. The highest BCUT2D eigenvalue weighted by atomic mass is 16.4. The van der Waals surface area contributed by atoms with E-state index in [1.165, 1.54) is 0 Å². The van der Waals surface area contributed by atoms with Gasteiger partial charge in [-0.25, -0.2) is 0 Å². The second-order valence-corrected chi connectivity index (χ2v) is 7.66. The summed E-state index contributed by atoms with van der Waals surface area (Å²) in [5.74, 6) is -1.18. The number of hydrogen-bond donors (Lipinski definition) is 2. The summed E-state index contributed by atoms with van der Waals surface area (Å²) in [5.41, 5.74) is 3.47. The molecule has 1 aromatic heterocycles. The van der Waals surface area contributed by atoms with Crippen LogP contribution in [0.1, 0.15) is 44.2 Å². The minimum Gasteiger partial charge on any atom is -0.481 e. The fraction of sp³-hybridized carbons (Fsp3) is 0.320. The van der Waals surface area contributed by atoms with Gasteiger partial charge in [-0.1, -0.05) is 38.1 Å². The summed E-state index contributed by atoms with van der Waals surface area (Å²) in [6, 6.07) is 15.4. The number of pyridine rings is 1. The van der Waals surface area contributed by atoms with Crippen LogP contribution in [0.4, 0.5) is 5.69 Å². The number of carboxylic acids is 1. The molecule has 164 valence electrons. The van der Waals surface area contributed by atoms with E-state index < -0.39 is 11.9 Å². The second-order valence-electron chi connectivity index (χ2n) is 7.66. The van der Waals surface area contributed by atoms with E-state index in [9.17, 15) is 15.3 Å². The van der Waals surface area contributed by atoms with Crippen LogP contribution in [0, 0.1) is 34.5 Å². The smallest absolute Gasteiger partial charge is 0.303 e. The molecular weight excluding hydrogens is 402 g/mol. The number of unbranched alkanes of at least 4 members (excludes halogenated alkanes) is 1. The van der Waals surface area contributed by atoms with Crippen LogP contribution in [0.15, 0.2) is 59.9 Å². The van der Waals surface area contributed by atoms with Crippen LogP contribution < -0.4 is 5.32 Å². The number of nitrogens with one attached hydrogen (secondary N) is 1. The predicted octanol–water partition coefficient (Wildman–Crippen LogP) is 4.90. The molecule has 0 saturated heterocycles. The molecule has 1 aromatic carbocycles. The van der Waals surface area contributed by atoms with E-state index in [-0.39, 0.29) is 6.42 Å². The number of amidine groups is 1. The van der Waals surface area contributed by atoms with Gasteiger partial charge in [-0.05, 0) is 48.1 Å². The Morgan fingerprint density at radius 3 is 2.59 bits per heavy atom. The van der Waals surface area contributed by atoms with Crippen molar-refractivity contribution in [2.45, 2.75) is 33.1 Å². The Hall–Kier alpha value is -3.97. The lowest BCUT2D eigenvalue weighted by molar-refractivity contribution is -0.137. The third-order valence-electron chi connectivity index (χ3n) is 4.52. The summed E-state index contributed by atoms with van der Waals surface area (Å²) in [4.78, 5) is 19.5. The van der Waals surface area contributed by atoms with Crippen LogP contribution >= 0.6 is 0 Å². The molecule has 0 unspecified atom stereocenters. The van der Waals surface area contributed by atoms with Crippen molar-refractivity contribution in [3.8, 4) is 12.1 Å². The van der Waals surface area contributed by atoms with Gasteiger partial charge in [0.2, 0.25) is 0 Å². The Labute approximate surface area is 188 Å². The molecule has 1 heterocycles. The monoisotopic (exact) mass is 429 g/mol. The van der Waals surface area contributed by atoms with Crippen molar-refractivity contribution in [1.82, 2.24) is 4.98 Å².